The topological polar surface area (TPSA) is 108 Å². The van der Waals surface area contributed by atoms with Crippen molar-refractivity contribution in [2.75, 3.05) is 0 Å². The van der Waals surface area contributed by atoms with E-state index in [1.54, 1.807) is 0 Å². The van der Waals surface area contributed by atoms with E-state index in [4.69, 9.17) is 18.9 Å². The van der Waals surface area contributed by atoms with Crippen molar-refractivity contribution >= 4 is 17.9 Å². The number of hydrogen-bond donors (Lipinski definition) is 1. The lowest BCUT2D eigenvalue weighted by atomic mass is 9.82. The first-order valence-corrected chi connectivity index (χ1v) is 12.3. The predicted octanol–water partition coefficient (Wildman–Crippen LogP) is 3.90. The van der Waals surface area contributed by atoms with E-state index in [9.17, 15) is 19.5 Å². The van der Waals surface area contributed by atoms with Crippen molar-refractivity contribution in [3.8, 4) is 0 Å². The van der Waals surface area contributed by atoms with Gasteiger partial charge in [-0.05, 0) is 58.8 Å². The molecule has 1 N–H and O–H groups in total. The molecule has 0 amide bonds. The van der Waals surface area contributed by atoms with Crippen molar-refractivity contribution in [1.29, 1.82) is 0 Å². The zero-order chi connectivity index (χ0) is 25.3. The number of hydrogen-bond acceptors (Lipinski definition) is 8. The van der Waals surface area contributed by atoms with Crippen molar-refractivity contribution in [3.05, 3.63) is 22.8 Å². The fourth-order valence-corrected chi connectivity index (χ4v) is 5.35. The molecule has 0 saturated carbocycles. The van der Waals surface area contributed by atoms with E-state index in [-0.39, 0.29) is 36.0 Å². The molecule has 1 unspecified atom stereocenters. The van der Waals surface area contributed by atoms with Gasteiger partial charge in [-0.3, -0.25) is 9.59 Å². The van der Waals surface area contributed by atoms with Crippen LogP contribution in [-0.2, 0) is 33.3 Å². The number of rotatable bonds is 4. The van der Waals surface area contributed by atoms with E-state index in [1.807, 2.05) is 26.8 Å². The minimum Gasteiger partial charge on any atom is -0.455 e. The van der Waals surface area contributed by atoms with Gasteiger partial charge in [0.15, 0.2) is 12.2 Å². The maximum atomic E-state index is 12.7. The molecule has 0 aromatic carbocycles. The van der Waals surface area contributed by atoms with Gasteiger partial charge in [-0.15, -0.1) is 0 Å². The summed E-state index contributed by atoms with van der Waals surface area (Å²) in [6.45, 7) is 10.5. The molecule has 0 aromatic rings. The average Bonchev–Trinajstić information content (AvgIpc) is 3.22. The SMILES string of the molecule is CCCC(=O)OC1C2=C(C)C(=O)O[C@@]2(O)C/C(C)=C/CC[C@@H](C)[C@@H]2CC[C@@](C)(O2)[C@H]1OC(C)=O. The van der Waals surface area contributed by atoms with Crippen molar-refractivity contribution in [2.45, 2.75) is 116 Å². The molecule has 0 aliphatic carbocycles. The van der Waals surface area contributed by atoms with Crippen LogP contribution in [-0.4, -0.2) is 52.7 Å². The Kier molecular flexibility index (Phi) is 7.92. The number of ether oxygens (including phenoxy) is 4. The van der Waals surface area contributed by atoms with E-state index < -0.39 is 41.5 Å². The Bertz CT molecular complexity index is 889. The van der Waals surface area contributed by atoms with Crippen LogP contribution in [0.2, 0.25) is 0 Å². The van der Waals surface area contributed by atoms with Crippen molar-refractivity contribution in [2.24, 2.45) is 5.92 Å². The number of allylic oxidation sites excluding steroid dienone is 1. The fraction of sp³-hybridized carbons (Fsp3) is 0.731. The Hall–Kier alpha value is -2.19. The maximum Gasteiger partial charge on any atom is 0.336 e. The largest absolute Gasteiger partial charge is 0.455 e. The number of esters is 3. The van der Waals surface area contributed by atoms with Crippen LogP contribution >= 0.6 is 0 Å². The van der Waals surface area contributed by atoms with E-state index >= 15 is 0 Å². The van der Waals surface area contributed by atoms with Crippen molar-refractivity contribution in [3.63, 3.8) is 0 Å². The second-order valence-electron chi connectivity index (χ2n) is 10.2. The smallest absolute Gasteiger partial charge is 0.336 e. The minimum absolute atomic E-state index is 0.0232. The van der Waals surface area contributed by atoms with Crippen LogP contribution in [0, 0.1) is 5.92 Å². The van der Waals surface area contributed by atoms with E-state index in [2.05, 4.69) is 6.92 Å². The van der Waals surface area contributed by atoms with E-state index in [0.29, 0.717) is 12.8 Å². The van der Waals surface area contributed by atoms with Crippen molar-refractivity contribution < 1.29 is 38.4 Å². The highest BCUT2D eigenvalue weighted by Gasteiger charge is 2.57. The highest BCUT2D eigenvalue weighted by Crippen LogP contribution is 2.46. The molecule has 1 saturated heterocycles. The van der Waals surface area contributed by atoms with Gasteiger partial charge in [0.2, 0.25) is 5.79 Å². The first kappa shape index (κ1) is 26.4. The molecule has 1 fully saturated rings. The number of carbonyl (C=O) groups excluding carboxylic acids is 3. The molecule has 6 atom stereocenters. The van der Waals surface area contributed by atoms with E-state index in [1.165, 1.54) is 13.8 Å². The maximum absolute atomic E-state index is 12.7. The number of aliphatic hydroxyl groups is 1. The van der Waals surface area contributed by atoms with Crippen LogP contribution in [0.4, 0.5) is 0 Å². The molecule has 8 nitrogen and oxygen atoms in total. The molecule has 8 heteroatoms. The third kappa shape index (κ3) is 5.38. The minimum atomic E-state index is -2.02. The molecule has 190 valence electrons. The first-order valence-electron chi connectivity index (χ1n) is 12.3. The van der Waals surface area contributed by atoms with Crippen LogP contribution in [0.25, 0.3) is 0 Å². The van der Waals surface area contributed by atoms with Crippen LogP contribution in [0.3, 0.4) is 0 Å². The quantitative estimate of drug-likeness (QED) is 0.368. The normalized spacial score (nSPS) is 38.0. The highest BCUT2D eigenvalue weighted by atomic mass is 16.7. The molecule has 0 spiro atoms. The predicted molar refractivity (Wildman–Crippen MR) is 123 cm³/mol. The summed E-state index contributed by atoms with van der Waals surface area (Å²) in [6.07, 6.45) is 3.36. The summed E-state index contributed by atoms with van der Waals surface area (Å²) in [7, 11) is 0. The van der Waals surface area contributed by atoms with Crippen molar-refractivity contribution in [1.82, 2.24) is 0 Å². The lowest BCUT2D eigenvalue weighted by Gasteiger charge is -2.40. The third-order valence-corrected chi connectivity index (χ3v) is 7.17. The summed E-state index contributed by atoms with van der Waals surface area (Å²) in [5.74, 6) is -3.55. The lowest BCUT2D eigenvalue weighted by molar-refractivity contribution is -0.206. The second-order valence-corrected chi connectivity index (χ2v) is 10.2. The molecule has 3 heterocycles. The Morgan fingerprint density at radius 3 is 2.59 bits per heavy atom. The van der Waals surface area contributed by atoms with Gasteiger partial charge in [-0.1, -0.05) is 25.5 Å². The van der Waals surface area contributed by atoms with Crippen LogP contribution in [0.15, 0.2) is 22.8 Å². The molecule has 3 aliphatic rings. The molecule has 0 radical (unpaired) electrons. The lowest BCUT2D eigenvalue weighted by Crippen LogP contribution is -2.54. The molecule has 0 aromatic heterocycles. The van der Waals surface area contributed by atoms with Gasteiger partial charge >= 0.3 is 17.9 Å². The molecule has 3 aliphatic heterocycles. The van der Waals surface area contributed by atoms with Crippen LogP contribution in [0.1, 0.15) is 86.5 Å². The Balaban J connectivity index is 2.20. The van der Waals surface area contributed by atoms with Crippen LogP contribution in [0.5, 0.6) is 0 Å². The third-order valence-electron chi connectivity index (χ3n) is 7.17. The monoisotopic (exact) mass is 478 g/mol. The standard InChI is InChI=1S/C26H38O8/c1-7-9-20(28)32-22-21-17(4)24(29)34-26(21,30)14-15(2)10-8-11-16(3)19-12-13-25(6,33-19)23(22)31-18(5)27/h10,16,19,22-23,30H,7-9,11-14H2,1-6H3/b15-10+/t16-,19+,22?,23+,25-,26+/m1/s1. The zero-order valence-electron chi connectivity index (χ0n) is 21.1. The molecular weight excluding hydrogens is 440 g/mol. The summed E-state index contributed by atoms with van der Waals surface area (Å²) in [5, 5.41) is 11.6. The van der Waals surface area contributed by atoms with Gasteiger partial charge in [0.05, 0.1) is 11.7 Å². The molecule has 3 rings (SSSR count). The van der Waals surface area contributed by atoms with Gasteiger partial charge in [-0.25, -0.2) is 4.79 Å². The number of fused-ring (bicyclic) bond motifs is 3. The summed E-state index contributed by atoms with van der Waals surface area (Å²) in [5.41, 5.74) is 0.108. The van der Waals surface area contributed by atoms with Gasteiger partial charge < -0.3 is 24.1 Å². The van der Waals surface area contributed by atoms with Gasteiger partial charge in [0.25, 0.3) is 0 Å². The fourth-order valence-electron chi connectivity index (χ4n) is 5.35. The van der Waals surface area contributed by atoms with Gasteiger partial charge in [0, 0.05) is 25.3 Å². The Morgan fingerprint density at radius 2 is 1.94 bits per heavy atom. The van der Waals surface area contributed by atoms with Gasteiger partial charge in [-0.2, -0.15) is 0 Å². The number of carbonyl (C=O) groups is 3. The Morgan fingerprint density at radius 1 is 1.24 bits per heavy atom. The molecular formula is C26H38O8. The summed E-state index contributed by atoms with van der Waals surface area (Å²) in [4.78, 5) is 37.6. The zero-order valence-corrected chi connectivity index (χ0v) is 21.1. The average molecular weight is 479 g/mol. The first-order chi connectivity index (χ1) is 15.9. The van der Waals surface area contributed by atoms with Crippen LogP contribution < -0.4 is 0 Å². The highest BCUT2D eigenvalue weighted by molar-refractivity contribution is 5.92. The second kappa shape index (κ2) is 10.2. The molecule has 34 heavy (non-hydrogen) atoms. The van der Waals surface area contributed by atoms with E-state index in [0.717, 1.165) is 24.8 Å². The summed E-state index contributed by atoms with van der Waals surface area (Å²) < 4.78 is 23.6. The Labute approximate surface area is 201 Å². The molecule has 2 bridgehead atoms. The van der Waals surface area contributed by atoms with Gasteiger partial charge in [0.1, 0.15) is 5.60 Å². The summed E-state index contributed by atoms with van der Waals surface area (Å²) in [6, 6.07) is 0. The summed E-state index contributed by atoms with van der Waals surface area (Å²) >= 11 is 0.